The highest BCUT2D eigenvalue weighted by molar-refractivity contribution is 6.01. The topological polar surface area (TPSA) is 94.9 Å². The predicted molar refractivity (Wildman–Crippen MR) is 95.9 cm³/mol. The number of halogens is 3. The molecule has 2 aromatic carbocycles. The van der Waals surface area contributed by atoms with Gasteiger partial charge in [-0.3, -0.25) is 4.79 Å². The number of amides is 1. The van der Waals surface area contributed by atoms with Crippen molar-refractivity contribution in [2.45, 2.75) is 19.0 Å². The van der Waals surface area contributed by atoms with E-state index in [-0.39, 0.29) is 22.3 Å². The predicted octanol–water partition coefficient (Wildman–Crippen LogP) is 3.31. The second-order valence-electron chi connectivity index (χ2n) is 6.03. The lowest BCUT2D eigenvalue weighted by atomic mass is 9.94. The first-order valence-corrected chi connectivity index (χ1v) is 8.29. The van der Waals surface area contributed by atoms with Crippen molar-refractivity contribution < 1.29 is 18.0 Å². The van der Waals surface area contributed by atoms with Gasteiger partial charge in [0.05, 0.1) is 5.56 Å². The molecule has 1 aromatic heterocycles. The highest BCUT2D eigenvalue weighted by Gasteiger charge is 2.33. The SMILES string of the molecule is NCCCc1c(C(N)=O)nnc2c(-c3ccccc3C(F)(F)F)cccc12. The summed E-state index contributed by atoms with van der Waals surface area (Å²) in [7, 11) is 0. The summed E-state index contributed by atoms with van der Waals surface area (Å²) < 4.78 is 40.3. The van der Waals surface area contributed by atoms with E-state index < -0.39 is 17.6 Å². The van der Waals surface area contributed by atoms with Crippen LogP contribution in [0.1, 0.15) is 28.0 Å². The molecule has 0 aliphatic carbocycles. The quantitative estimate of drug-likeness (QED) is 0.716. The Morgan fingerprint density at radius 2 is 1.70 bits per heavy atom. The molecule has 4 N–H and O–H groups in total. The van der Waals surface area contributed by atoms with Gasteiger partial charge < -0.3 is 11.5 Å². The number of primary amides is 1. The maximum atomic E-state index is 13.4. The average Bonchev–Trinajstić information content (AvgIpc) is 2.64. The second-order valence-corrected chi connectivity index (χ2v) is 6.03. The van der Waals surface area contributed by atoms with Gasteiger partial charge in [0.1, 0.15) is 5.52 Å². The Labute approximate surface area is 153 Å². The molecule has 1 amide bonds. The minimum Gasteiger partial charge on any atom is -0.364 e. The fourth-order valence-electron chi connectivity index (χ4n) is 3.10. The summed E-state index contributed by atoms with van der Waals surface area (Å²) >= 11 is 0. The molecule has 0 atom stereocenters. The van der Waals surface area contributed by atoms with E-state index in [1.54, 1.807) is 18.2 Å². The van der Waals surface area contributed by atoms with Gasteiger partial charge in [-0.25, -0.2) is 0 Å². The highest BCUT2D eigenvalue weighted by atomic mass is 19.4. The third-order valence-corrected chi connectivity index (χ3v) is 4.28. The number of rotatable bonds is 5. The Morgan fingerprint density at radius 3 is 2.37 bits per heavy atom. The Hall–Kier alpha value is -3.00. The first-order chi connectivity index (χ1) is 12.8. The molecule has 8 heteroatoms. The normalized spacial score (nSPS) is 11.7. The average molecular weight is 374 g/mol. The van der Waals surface area contributed by atoms with E-state index in [4.69, 9.17) is 11.5 Å². The fraction of sp³-hybridized carbons (Fsp3) is 0.211. The number of benzene rings is 2. The van der Waals surface area contributed by atoms with Crippen molar-refractivity contribution in [1.82, 2.24) is 10.2 Å². The van der Waals surface area contributed by atoms with Crippen molar-refractivity contribution >= 4 is 16.8 Å². The molecule has 27 heavy (non-hydrogen) atoms. The zero-order valence-electron chi connectivity index (χ0n) is 14.3. The number of hydrogen-bond acceptors (Lipinski definition) is 4. The molecule has 0 spiro atoms. The lowest BCUT2D eigenvalue weighted by Crippen LogP contribution is -2.18. The lowest BCUT2D eigenvalue weighted by molar-refractivity contribution is -0.137. The van der Waals surface area contributed by atoms with Crippen LogP contribution in [0.2, 0.25) is 0 Å². The lowest BCUT2D eigenvalue weighted by Gasteiger charge is -2.15. The molecule has 0 saturated carbocycles. The number of carbonyl (C=O) groups excluding carboxylic acids is 1. The van der Waals surface area contributed by atoms with Crippen LogP contribution in [0.3, 0.4) is 0 Å². The molecule has 5 nitrogen and oxygen atoms in total. The van der Waals surface area contributed by atoms with Crippen molar-refractivity contribution in [3.05, 3.63) is 59.3 Å². The number of hydrogen-bond donors (Lipinski definition) is 2. The smallest absolute Gasteiger partial charge is 0.364 e. The van der Waals surface area contributed by atoms with Crippen LogP contribution in [0.15, 0.2) is 42.5 Å². The van der Waals surface area contributed by atoms with Gasteiger partial charge in [0, 0.05) is 10.9 Å². The molecular formula is C19H17F3N4O. The van der Waals surface area contributed by atoms with Crippen LogP contribution < -0.4 is 11.5 Å². The fourth-order valence-corrected chi connectivity index (χ4v) is 3.10. The van der Waals surface area contributed by atoms with Gasteiger partial charge in [-0.2, -0.15) is 13.2 Å². The molecular weight excluding hydrogens is 357 g/mol. The Morgan fingerprint density at radius 1 is 1.00 bits per heavy atom. The van der Waals surface area contributed by atoms with Crippen LogP contribution in [0, 0.1) is 0 Å². The first-order valence-electron chi connectivity index (χ1n) is 8.29. The Balaban J connectivity index is 2.31. The van der Waals surface area contributed by atoms with E-state index in [0.717, 1.165) is 6.07 Å². The molecule has 0 radical (unpaired) electrons. The van der Waals surface area contributed by atoms with E-state index in [2.05, 4.69) is 10.2 Å². The van der Waals surface area contributed by atoms with Crippen LogP contribution in [0.5, 0.6) is 0 Å². The largest absolute Gasteiger partial charge is 0.417 e. The Bertz CT molecular complexity index is 1000. The molecule has 0 fully saturated rings. The van der Waals surface area contributed by atoms with Gasteiger partial charge in [-0.15, -0.1) is 10.2 Å². The summed E-state index contributed by atoms with van der Waals surface area (Å²) in [6.07, 6.45) is -3.52. The van der Waals surface area contributed by atoms with Gasteiger partial charge >= 0.3 is 6.18 Å². The minimum atomic E-state index is -4.51. The van der Waals surface area contributed by atoms with Crippen molar-refractivity contribution in [2.75, 3.05) is 6.54 Å². The minimum absolute atomic E-state index is 0.00139. The number of alkyl halides is 3. The molecule has 0 saturated heterocycles. The standard InChI is InChI=1S/C19H17F3N4O/c20-19(21,22)15-9-2-1-5-11(15)12-6-3-7-13-14(8-4-10-23)17(18(24)27)26-25-16(12)13/h1-3,5-7,9H,4,8,10,23H2,(H2,24,27). The monoisotopic (exact) mass is 374 g/mol. The molecule has 0 aliphatic rings. The molecule has 0 aliphatic heterocycles. The van der Waals surface area contributed by atoms with Crippen molar-refractivity contribution in [1.29, 1.82) is 0 Å². The van der Waals surface area contributed by atoms with Crippen LogP contribution in [-0.4, -0.2) is 22.6 Å². The van der Waals surface area contributed by atoms with Gasteiger partial charge in [0.15, 0.2) is 5.69 Å². The maximum absolute atomic E-state index is 13.4. The number of aryl methyl sites for hydroxylation is 1. The third-order valence-electron chi connectivity index (χ3n) is 4.28. The van der Waals surface area contributed by atoms with Gasteiger partial charge in [0.2, 0.25) is 0 Å². The number of carbonyl (C=O) groups is 1. The van der Waals surface area contributed by atoms with Crippen LogP contribution in [-0.2, 0) is 12.6 Å². The van der Waals surface area contributed by atoms with Gasteiger partial charge in [-0.05, 0) is 36.6 Å². The molecule has 0 bridgehead atoms. The summed E-state index contributed by atoms with van der Waals surface area (Å²) in [6, 6.07) is 10.2. The van der Waals surface area contributed by atoms with E-state index in [9.17, 15) is 18.0 Å². The van der Waals surface area contributed by atoms with Crippen molar-refractivity contribution in [2.24, 2.45) is 11.5 Å². The molecule has 3 rings (SSSR count). The third kappa shape index (κ3) is 3.61. The molecule has 3 aromatic rings. The van der Waals surface area contributed by atoms with Crippen LogP contribution in [0.4, 0.5) is 13.2 Å². The highest BCUT2D eigenvalue weighted by Crippen LogP contribution is 2.39. The summed E-state index contributed by atoms with van der Waals surface area (Å²) in [4.78, 5) is 11.7. The maximum Gasteiger partial charge on any atom is 0.417 e. The Kier molecular flexibility index (Phi) is 5.09. The first kappa shape index (κ1) is 18.8. The van der Waals surface area contributed by atoms with E-state index in [1.165, 1.54) is 18.2 Å². The number of aromatic nitrogens is 2. The zero-order valence-corrected chi connectivity index (χ0v) is 14.3. The van der Waals surface area contributed by atoms with E-state index >= 15 is 0 Å². The van der Waals surface area contributed by atoms with Crippen LogP contribution in [0.25, 0.3) is 22.0 Å². The van der Waals surface area contributed by atoms with Crippen LogP contribution >= 0.6 is 0 Å². The molecule has 0 unspecified atom stereocenters. The van der Waals surface area contributed by atoms with Gasteiger partial charge in [-0.1, -0.05) is 36.4 Å². The van der Waals surface area contributed by atoms with E-state index in [1.807, 2.05) is 0 Å². The van der Waals surface area contributed by atoms with Crippen molar-refractivity contribution in [3.8, 4) is 11.1 Å². The van der Waals surface area contributed by atoms with Crippen molar-refractivity contribution in [3.63, 3.8) is 0 Å². The number of fused-ring (bicyclic) bond motifs is 1. The summed E-state index contributed by atoms with van der Waals surface area (Å²) in [5, 5.41) is 8.46. The molecule has 1 heterocycles. The number of nitrogens with two attached hydrogens (primary N) is 2. The number of nitrogens with zero attached hydrogens (tertiary/aromatic N) is 2. The van der Waals surface area contributed by atoms with E-state index in [0.29, 0.717) is 30.3 Å². The summed E-state index contributed by atoms with van der Waals surface area (Å²) in [5.74, 6) is -0.738. The summed E-state index contributed by atoms with van der Waals surface area (Å²) in [6.45, 7) is 0.388. The second kappa shape index (κ2) is 7.32. The molecule has 140 valence electrons. The zero-order chi connectivity index (χ0) is 19.6. The summed E-state index contributed by atoms with van der Waals surface area (Å²) in [5.41, 5.74) is 11.3. The van der Waals surface area contributed by atoms with Gasteiger partial charge in [0.25, 0.3) is 5.91 Å².